The van der Waals surface area contributed by atoms with E-state index in [1.54, 1.807) is 0 Å². The van der Waals surface area contributed by atoms with Gasteiger partial charge in [0.25, 0.3) is 5.91 Å². The quantitative estimate of drug-likeness (QED) is 0.459. The number of amides is 1. The molecule has 0 unspecified atom stereocenters. The standard InChI is InChI=1S/C12H10F3N3O/c1-3-7-4-8(10(19)18-11(16)17-2)6-9(5-7)12(13,14)15/h1,4-6H,2H3,(H3,16,17,18,19). The number of nitrogens with two attached hydrogens (primary N) is 1. The van der Waals surface area contributed by atoms with Crippen LogP contribution in [-0.4, -0.2) is 18.9 Å². The van der Waals surface area contributed by atoms with Crippen molar-refractivity contribution in [2.24, 2.45) is 10.7 Å². The summed E-state index contributed by atoms with van der Waals surface area (Å²) in [4.78, 5) is 15.1. The molecular weight excluding hydrogens is 259 g/mol. The highest BCUT2D eigenvalue weighted by atomic mass is 19.4. The number of rotatable bonds is 1. The molecule has 0 aromatic heterocycles. The highest BCUT2D eigenvalue weighted by molar-refractivity contribution is 6.05. The third kappa shape index (κ3) is 3.74. The van der Waals surface area contributed by atoms with Crippen molar-refractivity contribution in [3.05, 3.63) is 34.9 Å². The second-order valence-corrected chi connectivity index (χ2v) is 3.50. The smallest absolute Gasteiger partial charge is 0.370 e. The van der Waals surface area contributed by atoms with Crippen molar-refractivity contribution >= 4 is 11.9 Å². The minimum atomic E-state index is -4.59. The summed E-state index contributed by atoms with van der Waals surface area (Å²) in [5.41, 5.74) is 3.97. The summed E-state index contributed by atoms with van der Waals surface area (Å²) in [6.07, 6.45) is 0.470. The van der Waals surface area contributed by atoms with Gasteiger partial charge >= 0.3 is 6.18 Å². The number of terminal acetylenes is 1. The lowest BCUT2D eigenvalue weighted by molar-refractivity contribution is -0.137. The van der Waals surface area contributed by atoms with E-state index in [-0.39, 0.29) is 17.1 Å². The van der Waals surface area contributed by atoms with Gasteiger partial charge in [-0.15, -0.1) is 6.42 Å². The molecule has 4 nitrogen and oxygen atoms in total. The third-order valence-corrected chi connectivity index (χ3v) is 2.17. The second kappa shape index (κ2) is 5.44. The van der Waals surface area contributed by atoms with Crippen molar-refractivity contribution in [1.82, 2.24) is 5.32 Å². The van der Waals surface area contributed by atoms with Crippen molar-refractivity contribution in [2.45, 2.75) is 6.18 Å². The highest BCUT2D eigenvalue weighted by Crippen LogP contribution is 2.30. The van der Waals surface area contributed by atoms with Gasteiger partial charge in [-0.05, 0) is 18.2 Å². The van der Waals surface area contributed by atoms with Gasteiger partial charge in [0.1, 0.15) is 0 Å². The van der Waals surface area contributed by atoms with Crippen LogP contribution < -0.4 is 11.1 Å². The molecule has 0 spiro atoms. The number of hydrogen-bond donors (Lipinski definition) is 2. The molecule has 0 radical (unpaired) electrons. The molecule has 1 aromatic rings. The first-order valence-electron chi connectivity index (χ1n) is 5.00. The molecule has 1 amide bonds. The van der Waals surface area contributed by atoms with Crippen LogP contribution in [0.4, 0.5) is 13.2 Å². The zero-order chi connectivity index (χ0) is 14.6. The Bertz CT molecular complexity index is 571. The van der Waals surface area contributed by atoms with Crippen molar-refractivity contribution in [2.75, 3.05) is 7.05 Å². The topological polar surface area (TPSA) is 67.5 Å². The molecule has 0 heterocycles. The molecule has 1 rings (SSSR count). The fourth-order valence-electron chi connectivity index (χ4n) is 1.25. The maximum atomic E-state index is 12.6. The average Bonchev–Trinajstić information content (AvgIpc) is 2.36. The lowest BCUT2D eigenvalue weighted by Crippen LogP contribution is -2.36. The number of alkyl halides is 3. The van der Waals surface area contributed by atoms with Crippen LogP contribution >= 0.6 is 0 Å². The maximum Gasteiger partial charge on any atom is 0.416 e. The summed E-state index contributed by atoms with van der Waals surface area (Å²) in [5, 5.41) is 2.13. The molecule has 3 N–H and O–H groups in total. The van der Waals surface area contributed by atoms with Crippen molar-refractivity contribution in [3.63, 3.8) is 0 Å². The largest absolute Gasteiger partial charge is 0.416 e. The summed E-state index contributed by atoms with van der Waals surface area (Å²) in [7, 11) is 1.33. The number of nitrogens with one attached hydrogen (secondary N) is 1. The van der Waals surface area contributed by atoms with Gasteiger partial charge in [-0.1, -0.05) is 5.92 Å². The summed E-state index contributed by atoms with van der Waals surface area (Å²) in [6, 6.07) is 2.64. The van der Waals surface area contributed by atoms with E-state index < -0.39 is 17.6 Å². The van der Waals surface area contributed by atoms with E-state index in [9.17, 15) is 18.0 Å². The Hall–Kier alpha value is -2.49. The first-order chi connectivity index (χ1) is 8.77. The number of carbonyl (C=O) groups is 1. The van der Waals surface area contributed by atoms with Crippen LogP contribution in [0.25, 0.3) is 0 Å². The van der Waals surface area contributed by atoms with Crippen molar-refractivity contribution in [1.29, 1.82) is 0 Å². The Labute approximate surface area is 107 Å². The van der Waals surface area contributed by atoms with Crippen LogP contribution in [0.3, 0.4) is 0 Å². The van der Waals surface area contributed by atoms with E-state index in [1.807, 2.05) is 0 Å². The Morgan fingerprint density at radius 1 is 1.42 bits per heavy atom. The Morgan fingerprint density at radius 2 is 2.05 bits per heavy atom. The molecule has 19 heavy (non-hydrogen) atoms. The fraction of sp³-hybridized carbons (Fsp3) is 0.167. The number of benzene rings is 1. The predicted molar refractivity (Wildman–Crippen MR) is 64.4 cm³/mol. The number of aliphatic imine (C=N–C) groups is 1. The Morgan fingerprint density at radius 3 is 2.53 bits per heavy atom. The molecule has 0 aliphatic heterocycles. The molecule has 7 heteroatoms. The number of hydrogen-bond acceptors (Lipinski definition) is 2. The first kappa shape index (κ1) is 14.6. The molecular formula is C12H10F3N3O. The van der Waals surface area contributed by atoms with Gasteiger partial charge in [0.15, 0.2) is 5.96 Å². The summed E-state index contributed by atoms with van der Waals surface area (Å²) < 4.78 is 37.9. The summed E-state index contributed by atoms with van der Waals surface area (Å²) in [6.45, 7) is 0. The van der Waals surface area contributed by atoms with Gasteiger partial charge < -0.3 is 5.73 Å². The molecule has 100 valence electrons. The van der Waals surface area contributed by atoms with Crippen LogP contribution in [0.5, 0.6) is 0 Å². The molecule has 0 saturated carbocycles. The zero-order valence-electron chi connectivity index (χ0n) is 9.88. The minimum Gasteiger partial charge on any atom is -0.370 e. The third-order valence-electron chi connectivity index (χ3n) is 2.17. The summed E-state index contributed by atoms with van der Waals surface area (Å²) in [5.74, 6) is 1.04. The minimum absolute atomic E-state index is 0.0491. The number of carbonyl (C=O) groups excluding carboxylic acids is 1. The van der Waals surface area contributed by atoms with Crippen molar-refractivity contribution in [3.8, 4) is 12.3 Å². The van der Waals surface area contributed by atoms with Gasteiger partial charge in [0, 0.05) is 18.2 Å². The van der Waals surface area contributed by atoms with Crippen LogP contribution in [0.2, 0.25) is 0 Å². The molecule has 0 saturated heterocycles. The molecule has 0 bridgehead atoms. The van der Waals surface area contributed by atoms with Crippen LogP contribution in [0, 0.1) is 12.3 Å². The Kier molecular flexibility index (Phi) is 4.17. The van der Waals surface area contributed by atoms with E-state index in [1.165, 1.54) is 7.05 Å². The van der Waals surface area contributed by atoms with Gasteiger partial charge in [-0.3, -0.25) is 15.1 Å². The number of guanidine groups is 1. The zero-order valence-corrected chi connectivity index (χ0v) is 9.88. The first-order valence-corrected chi connectivity index (χ1v) is 5.00. The van der Waals surface area contributed by atoms with E-state index in [0.29, 0.717) is 6.07 Å². The molecule has 0 fully saturated rings. The number of halogens is 3. The molecule has 1 aromatic carbocycles. The van der Waals surface area contributed by atoms with E-state index in [4.69, 9.17) is 12.2 Å². The summed E-state index contributed by atoms with van der Waals surface area (Å²) >= 11 is 0. The average molecular weight is 269 g/mol. The Balaban J connectivity index is 3.22. The molecule has 0 aliphatic rings. The molecule has 0 aliphatic carbocycles. The van der Waals surface area contributed by atoms with Gasteiger partial charge in [-0.25, -0.2) is 0 Å². The van der Waals surface area contributed by atoms with Gasteiger partial charge in [0.05, 0.1) is 5.56 Å². The van der Waals surface area contributed by atoms with Crippen molar-refractivity contribution < 1.29 is 18.0 Å². The lowest BCUT2D eigenvalue weighted by atomic mass is 10.1. The SMILES string of the molecule is C#Cc1cc(C(=O)NC(N)=NC)cc(C(F)(F)F)c1. The van der Waals surface area contributed by atoms with E-state index in [2.05, 4.69) is 16.2 Å². The second-order valence-electron chi connectivity index (χ2n) is 3.50. The van der Waals surface area contributed by atoms with Gasteiger partial charge in [-0.2, -0.15) is 13.2 Å². The predicted octanol–water partition coefficient (Wildman–Crippen LogP) is 1.36. The van der Waals surface area contributed by atoms with E-state index in [0.717, 1.165) is 12.1 Å². The number of nitrogens with zero attached hydrogens (tertiary/aromatic N) is 1. The van der Waals surface area contributed by atoms with Crippen LogP contribution in [0.1, 0.15) is 21.5 Å². The van der Waals surface area contributed by atoms with Gasteiger partial charge in [0.2, 0.25) is 0 Å². The molecule has 0 atom stereocenters. The normalized spacial score (nSPS) is 11.8. The fourth-order valence-corrected chi connectivity index (χ4v) is 1.25. The maximum absolute atomic E-state index is 12.6. The van der Waals surface area contributed by atoms with Crippen LogP contribution in [-0.2, 0) is 6.18 Å². The van der Waals surface area contributed by atoms with E-state index >= 15 is 0 Å². The monoisotopic (exact) mass is 269 g/mol. The lowest BCUT2D eigenvalue weighted by Gasteiger charge is -2.10. The van der Waals surface area contributed by atoms with Crippen LogP contribution in [0.15, 0.2) is 23.2 Å². The highest BCUT2D eigenvalue weighted by Gasteiger charge is 2.31.